The van der Waals surface area contributed by atoms with Gasteiger partial charge < -0.3 is 10.6 Å². The van der Waals surface area contributed by atoms with E-state index in [-0.39, 0.29) is 5.91 Å². The summed E-state index contributed by atoms with van der Waals surface area (Å²) in [6.45, 7) is 3.04. The molecule has 2 heterocycles. The molecule has 1 aromatic rings. The van der Waals surface area contributed by atoms with Crippen LogP contribution < -0.4 is 10.6 Å². The summed E-state index contributed by atoms with van der Waals surface area (Å²) < 4.78 is 0. The van der Waals surface area contributed by atoms with Crippen molar-refractivity contribution in [2.45, 2.75) is 6.92 Å². The Morgan fingerprint density at radius 3 is 3.33 bits per heavy atom. The number of rotatable bonds is 2. The van der Waals surface area contributed by atoms with Crippen LogP contribution in [0.15, 0.2) is 17.3 Å². The number of hydrogen-bond acceptors (Lipinski definition) is 4. The average Bonchev–Trinajstić information content (AvgIpc) is 2.29. The fourth-order valence-electron chi connectivity index (χ4n) is 1.38. The minimum Gasteiger partial charge on any atom is -0.352 e. The summed E-state index contributed by atoms with van der Waals surface area (Å²) >= 11 is 0. The lowest BCUT2D eigenvalue weighted by molar-refractivity contribution is 0.0955. The Morgan fingerprint density at radius 1 is 1.67 bits per heavy atom. The molecule has 78 valence electrons. The van der Waals surface area contributed by atoms with E-state index in [0.717, 1.165) is 11.4 Å². The lowest BCUT2D eigenvalue weighted by atomic mass is 10.2. The lowest BCUT2D eigenvalue weighted by Gasteiger charge is -2.11. The van der Waals surface area contributed by atoms with Crippen LogP contribution in [0, 0.1) is 0 Å². The summed E-state index contributed by atoms with van der Waals surface area (Å²) in [5, 5.41) is 5.74. The van der Waals surface area contributed by atoms with Crippen LogP contribution in [-0.2, 0) is 0 Å². The van der Waals surface area contributed by atoms with E-state index >= 15 is 0 Å². The normalized spacial score (nSPS) is 12.9. The molecule has 0 aliphatic carbocycles. The molecule has 0 atom stereocenters. The Labute approximate surface area is 87.6 Å². The van der Waals surface area contributed by atoms with Crippen molar-refractivity contribution < 1.29 is 4.79 Å². The van der Waals surface area contributed by atoms with Gasteiger partial charge in [-0.2, -0.15) is 0 Å². The molecule has 0 fully saturated rings. The number of nitrogens with one attached hydrogen (secondary N) is 2. The molecule has 1 aliphatic heterocycles. The molecule has 0 spiro atoms. The van der Waals surface area contributed by atoms with Gasteiger partial charge in [-0.25, -0.2) is 4.98 Å². The average molecular weight is 204 g/mol. The third kappa shape index (κ3) is 1.96. The fraction of sp³-hybridized carbons (Fsp3) is 0.300. The van der Waals surface area contributed by atoms with E-state index in [1.807, 2.05) is 6.92 Å². The van der Waals surface area contributed by atoms with Crippen LogP contribution in [0.3, 0.4) is 0 Å². The van der Waals surface area contributed by atoms with Gasteiger partial charge in [0, 0.05) is 24.5 Å². The summed E-state index contributed by atoms with van der Waals surface area (Å²) in [6.07, 6.45) is 3.29. The van der Waals surface area contributed by atoms with Gasteiger partial charge in [-0.1, -0.05) is 0 Å². The van der Waals surface area contributed by atoms with Crippen molar-refractivity contribution in [2.75, 3.05) is 18.5 Å². The van der Waals surface area contributed by atoms with E-state index in [1.54, 1.807) is 18.5 Å². The number of anilines is 1. The minimum absolute atomic E-state index is 0.105. The van der Waals surface area contributed by atoms with Gasteiger partial charge in [-0.05, 0) is 13.0 Å². The second-order valence-electron chi connectivity index (χ2n) is 3.17. The van der Waals surface area contributed by atoms with E-state index in [9.17, 15) is 4.79 Å². The molecule has 0 unspecified atom stereocenters. The van der Waals surface area contributed by atoms with Crippen LogP contribution >= 0.6 is 0 Å². The van der Waals surface area contributed by atoms with Crippen LogP contribution in [0.25, 0.3) is 0 Å². The zero-order chi connectivity index (χ0) is 10.7. The van der Waals surface area contributed by atoms with Gasteiger partial charge in [0.05, 0.1) is 5.56 Å². The first-order valence-electron chi connectivity index (χ1n) is 4.83. The molecule has 1 aromatic heterocycles. The van der Waals surface area contributed by atoms with Gasteiger partial charge >= 0.3 is 0 Å². The van der Waals surface area contributed by atoms with Crippen molar-refractivity contribution >= 4 is 17.9 Å². The molecular formula is C10H12N4O. The van der Waals surface area contributed by atoms with E-state index < -0.39 is 0 Å². The van der Waals surface area contributed by atoms with E-state index in [0.29, 0.717) is 18.8 Å². The van der Waals surface area contributed by atoms with Gasteiger partial charge in [-0.15, -0.1) is 0 Å². The molecule has 5 nitrogen and oxygen atoms in total. The Morgan fingerprint density at radius 2 is 2.53 bits per heavy atom. The second-order valence-corrected chi connectivity index (χ2v) is 3.17. The maximum atomic E-state index is 11.5. The van der Waals surface area contributed by atoms with Crippen LogP contribution in [0.5, 0.6) is 0 Å². The number of hydrogen-bond donors (Lipinski definition) is 2. The van der Waals surface area contributed by atoms with Crippen molar-refractivity contribution in [2.24, 2.45) is 4.99 Å². The van der Waals surface area contributed by atoms with Gasteiger partial charge in [0.25, 0.3) is 5.91 Å². The Hall–Kier alpha value is -1.91. The third-order valence-corrected chi connectivity index (χ3v) is 2.08. The van der Waals surface area contributed by atoms with Crippen LogP contribution in [0.2, 0.25) is 0 Å². The molecule has 0 saturated heterocycles. The maximum Gasteiger partial charge on any atom is 0.252 e. The van der Waals surface area contributed by atoms with Crippen molar-refractivity contribution in [3.63, 3.8) is 0 Å². The predicted octanol–water partition coefficient (Wildman–Crippen LogP) is 0.633. The second kappa shape index (κ2) is 4.08. The van der Waals surface area contributed by atoms with Crippen LogP contribution in [-0.4, -0.2) is 30.3 Å². The first-order chi connectivity index (χ1) is 7.31. The van der Waals surface area contributed by atoms with Crippen LogP contribution in [0.4, 0.5) is 5.82 Å². The summed E-state index contributed by atoms with van der Waals surface area (Å²) in [4.78, 5) is 19.7. The Bertz CT molecular complexity index is 414. The molecule has 0 radical (unpaired) electrons. The predicted molar refractivity (Wildman–Crippen MR) is 58.3 cm³/mol. The van der Waals surface area contributed by atoms with Crippen molar-refractivity contribution in [3.05, 3.63) is 23.4 Å². The quantitative estimate of drug-likeness (QED) is 0.742. The highest BCUT2D eigenvalue weighted by molar-refractivity contribution is 5.97. The first kappa shape index (κ1) is 9.64. The van der Waals surface area contributed by atoms with Crippen LogP contribution in [0.1, 0.15) is 22.8 Å². The maximum absolute atomic E-state index is 11.5. The van der Waals surface area contributed by atoms with Gasteiger partial charge in [0.15, 0.2) is 0 Å². The van der Waals surface area contributed by atoms with E-state index in [1.165, 1.54) is 0 Å². The number of aliphatic imine (C=N–C) groups is 1. The Kier molecular flexibility index (Phi) is 2.62. The number of carbonyl (C=O) groups is 1. The highest BCUT2D eigenvalue weighted by Gasteiger charge is 2.10. The summed E-state index contributed by atoms with van der Waals surface area (Å²) in [6, 6.07) is 1.78. The zero-order valence-corrected chi connectivity index (χ0v) is 8.45. The fourth-order valence-corrected chi connectivity index (χ4v) is 1.38. The highest BCUT2D eigenvalue weighted by atomic mass is 16.1. The zero-order valence-electron chi connectivity index (χ0n) is 8.45. The monoisotopic (exact) mass is 204 g/mol. The molecule has 1 amide bonds. The molecule has 2 rings (SSSR count). The topological polar surface area (TPSA) is 66.4 Å². The van der Waals surface area contributed by atoms with Gasteiger partial charge in [0.1, 0.15) is 12.5 Å². The summed E-state index contributed by atoms with van der Waals surface area (Å²) in [5.74, 6) is 0.671. The highest BCUT2D eigenvalue weighted by Crippen LogP contribution is 2.14. The molecule has 0 saturated carbocycles. The summed E-state index contributed by atoms with van der Waals surface area (Å²) in [5.41, 5.74) is 1.41. The standard InChI is InChI=1S/C10H12N4O/c1-2-12-10(15)8-3-7-4-11-6-14-9(7)13-5-8/h3-5H,2,6H2,1H3,(H,12,15)(H,13,14). The van der Waals surface area contributed by atoms with E-state index in [2.05, 4.69) is 20.6 Å². The number of aromatic nitrogens is 1. The molecule has 5 heteroatoms. The molecule has 1 aliphatic rings. The smallest absolute Gasteiger partial charge is 0.252 e. The first-order valence-corrected chi connectivity index (χ1v) is 4.83. The summed E-state index contributed by atoms with van der Waals surface area (Å²) in [7, 11) is 0. The molecular weight excluding hydrogens is 192 g/mol. The van der Waals surface area contributed by atoms with E-state index in [4.69, 9.17) is 0 Å². The number of nitrogens with zero attached hydrogens (tertiary/aromatic N) is 2. The van der Waals surface area contributed by atoms with Crippen molar-refractivity contribution in [1.82, 2.24) is 10.3 Å². The SMILES string of the molecule is CCNC(=O)c1cnc2c(c1)C=NCN2. The van der Waals surface area contributed by atoms with Crippen molar-refractivity contribution in [3.8, 4) is 0 Å². The van der Waals surface area contributed by atoms with Gasteiger partial charge in [-0.3, -0.25) is 9.79 Å². The number of carbonyl (C=O) groups excluding carboxylic acids is 1. The number of pyridine rings is 1. The molecule has 0 aromatic carbocycles. The van der Waals surface area contributed by atoms with Gasteiger partial charge in [0.2, 0.25) is 0 Å². The lowest BCUT2D eigenvalue weighted by Crippen LogP contribution is -2.23. The minimum atomic E-state index is -0.105. The largest absolute Gasteiger partial charge is 0.352 e. The van der Waals surface area contributed by atoms with Crippen molar-refractivity contribution in [1.29, 1.82) is 0 Å². The molecule has 2 N–H and O–H groups in total. The number of fused-ring (bicyclic) bond motifs is 1. The number of amides is 1. The molecule has 0 bridgehead atoms. The third-order valence-electron chi connectivity index (χ3n) is 2.08. The Balaban J connectivity index is 2.29. The molecule has 15 heavy (non-hydrogen) atoms.